The molecule has 0 amide bonds. The maximum Gasteiger partial charge on any atom is 0.316 e. The highest BCUT2D eigenvalue weighted by molar-refractivity contribution is 6.35. The van der Waals surface area contributed by atoms with Gasteiger partial charge in [0, 0.05) is 18.9 Å². The molecule has 7 heteroatoms. The monoisotopic (exact) mass is 354 g/mol. The van der Waals surface area contributed by atoms with Gasteiger partial charge in [0.1, 0.15) is 6.21 Å². The van der Waals surface area contributed by atoms with Crippen molar-refractivity contribution in [1.29, 1.82) is 0 Å². The Hall–Kier alpha value is -2.80. The van der Waals surface area contributed by atoms with Gasteiger partial charge >= 0.3 is 6.01 Å². The molecule has 2 heterocycles. The molecule has 1 saturated heterocycles. The Balaban J connectivity index is 1.41. The van der Waals surface area contributed by atoms with Crippen molar-refractivity contribution in [3.05, 3.63) is 53.9 Å². The van der Waals surface area contributed by atoms with E-state index in [2.05, 4.69) is 44.3 Å². The summed E-state index contributed by atoms with van der Waals surface area (Å²) in [5.41, 5.74) is 1.60. The van der Waals surface area contributed by atoms with Crippen molar-refractivity contribution >= 4 is 12.0 Å². The lowest BCUT2D eigenvalue weighted by atomic mass is 9.97. The number of nitrogens with zero attached hydrogens (tertiary/aromatic N) is 4. The van der Waals surface area contributed by atoms with Crippen LogP contribution in [0.5, 0.6) is 6.01 Å². The predicted octanol–water partition coefficient (Wildman–Crippen LogP) is 2.41. The lowest BCUT2D eigenvalue weighted by molar-refractivity contribution is 0.106. The lowest BCUT2D eigenvalue weighted by Gasteiger charge is -2.31. The zero-order chi connectivity index (χ0) is 18.2. The third-order valence-corrected chi connectivity index (χ3v) is 4.49. The Labute approximate surface area is 152 Å². The van der Waals surface area contributed by atoms with Crippen LogP contribution in [-0.4, -0.2) is 51.8 Å². The molecule has 26 heavy (non-hydrogen) atoms. The van der Waals surface area contributed by atoms with Crippen molar-refractivity contribution in [3.63, 3.8) is 0 Å². The maximum absolute atomic E-state index is 11.5. The van der Waals surface area contributed by atoms with E-state index in [0.29, 0.717) is 12.5 Å². The highest BCUT2D eigenvalue weighted by Crippen LogP contribution is 2.19. The van der Waals surface area contributed by atoms with Crippen molar-refractivity contribution in [3.8, 4) is 6.01 Å². The third kappa shape index (κ3) is 5.10. The summed E-state index contributed by atoms with van der Waals surface area (Å²) >= 11 is 0. The Kier molecular flexibility index (Phi) is 6.27. The molecule has 0 bridgehead atoms. The topological polar surface area (TPSA) is 87.9 Å². The van der Waals surface area contributed by atoms with Crippen molar-refractivity contribution in [1.82, 2.24) is 14.9 Å². The van der Waals surface area contributed by atoms with Crippen molar-refractivity contribution in [2.24, 2.45) is 11.1 Å². The molecule has 1 aliphatic heterocycles. The van der Waals surface area contributed by atoms with Gasteiger partial charge in [0.2, 0.25) is 5.78 Å². The van der Waals surface area contributed by atoms with Crippen LogP contribution in [0.25, 0.3) is 0 Å². The fraction of sp³-hybridized carbons (Fsp3) is 0.368. The number of rotatable bonds is 7. The normalized spacial score (nSPS) is 16.0. The van der Waals surface area contributed by atoms with Crippen LogP contribution in [-0.2, 0) is 6.54 Å². The standard InChI is InChI=1S/C19H22N4O3/c24-18(12-22-25)17-10-20-19(21-11-17)26-14-16-6-8-23(9-7-16)13-15-4-2-1-3-5-15/h1-5,10-12,16,25H,6-9,13-14H2/b22-12+. The SMILES string of the molecule is O=C(/C=N/O)c1cnc(OCC2CCN(Cc3ccccc3)CC2)nc1. The van der Waals surface area contributed by atoms with Gasteiger partial charge in [-0.1, -0.05) is 35.5 Å². The number of likely N-dealkylation sites (tertiary alicyclic amines) is 1. The summed E-state index contributed by atoms with van der Waals surface area (Å²) in [6.07, 6.45) is 5.71. The summed E-state index contributed by atoms with van der Waals surface area (Å²) in [4.78, 5) is 22.0. The highest BCUT2D eigenvalue weighted by atomic mass is 16.5. The first kappa shape index (κ1) is 18.0. The average Bonchev–Trinajstić information content (AvgIpc) is 2.69. The van der Waals surface area contributed by atoms with Crippen LogP contribution >= 0.6 is 0 Å². The smallest absolute Gasteiger partial charge is 0.316 e. The predicted molar refractivity (Wildman–Crippen MR) is 96.6 cm³/mol. The molecular weight excluding hydrogens is 332 g/mol. The van der Waals surface area contributed by atoms with Crippen LogP contribution in [0.3, 0.4) is 0 Å². The molecule has 0 spiro atoms. The van der Waals surface area contributed by atoms with Crippen LogP contribution < -0.4 is 4.74 Å². The van der Waals surface area contributed by atoms with E-state index in [4.69, 9.17) is 9.94 Å². The molecule has 1 N–H and O–H groups in total. The summed E-state index contributed by atoms with van der Waals surface area (Å²) in [6, 6.07) is 10.8. The molecule has 136 valence electrons. The number of carbonyl (C=O) groups is 1. The average molecular weight is 354 g/mol. The number of piperidine rings is 1. The zero-order valence-electron chi connectivity index (χ0n) is 14.5. The van der Waals surface area contributed by atoms with Crippen molar-refractivity contribution < 1.29 is 14.7 Å². The third-order valence-electron chi connectivity index (χ3n) is 4.49. The van der Waals surface area contributed by atoms with Gasteiger partial charge in [-0.2, -0.15) is 0 Å². The van der Waals surface area contributed by atoms with Gasteiger partial charge < -0.3 is 9.94 Å². The number of ether oxygens (including phenoxy) is 1. The summed E-state index contributed by atoms with van der Waals surface area (Å²) in [7, 11) is 0. The van der Waals surface area contributed by atoms with Crippen LogP contribution in [0.2, 0.25) is 0 Å². The molecule has 7 nitrogen and oxygen atoms in total. The number of aromatic nitrogens is 2. The Morgan fingerprint density at radius 2 is 1.92 bits per heavy atom. The minimum atomic E-state index is -0.454. The molecule has 0 aliphatic carbocycles. The van der Waals surface area contributed by atoms with Gasteiger partial charge in [-0.05, 0) is 37.4 Å². The summed E-state index contributed by atoms with van der Waals surface area (Å²) < 4.78 is 5.66. The summed E-state index contributed by atoms with van der Waals surface area (Å²) in [6.45, 7) is 3.67. The number of oxime groups is 1. The second kappa shape index (κ2) is 9.05. The van der Waals surface area contributed by atoms with Crippen LogP contribution in [0.4, 0.5) is 0 Å². The van der Waals surface area contributed by atoms with Gasteiger partial charge in [0.05, 0.1) is 12.2 Å². The molecule has 0 unspecified atom stereocenters. The number of hydrogen-bond donors (Lipinski definition) is 1. The number of Topliss-reactive ketones (excluding diaryl/α,β-unsaturated/α-hetero) is 1. The molecule has 0 atom stereocenters. The quantitative estimate of drug-likeness (QED) is 0.356. The second-order valence-electron chi connectivity index (χ2n) is 6.38. The minimum absolute atomic E-state index is 0.254. The van der Waals surface area contributed by atoms with E-state index < -0.39 is 5.78 Å². The highest BCUT2D eigenvalue weighted by Gasteiger charge is 2.20. The Morgan fingerprint density at radius 3 is 2.58 bits per heavy atom. The van der Waals surface area contributed by atoms with E-state index in [1.165, 1.54) is 18.0 Å². The van der Waals surface area contributed by atoms with E-state index in [0.717, 1.165) is 38.7 Å². The van der Waals surface area contributed by atoms with Crippen molar-refractivity contribution in [2.75, 3.05) is 19.7 Å². The molecule has 1 aromatic heterocycles. The first-order valence-corrected chi connectivity index (χ1v) is 8.67. The molecule has 0 radical (unpaired) electrons. The van der Waals surface area contributed by atoms with E-state index >= 15 is 0 Å². The first-order valence-electron chi connectivity index (χ1n) is 8.67. The summed E-state index contributed by atoms with van der Waals surface area (Å²) in [5, 5.41) is 11.1. The number of ketones is 1. The lowest BCUT2D eigenvalue weighted by Crippen LogP contribution is -2.35. The van der Waals surface area contributed by atoms with Gasteiger partial charge in [-0.25, -0.2) is 9.97 Å². The number of benzene rings is 1. The second-order valence-corrected chi connectivity index (χ2v) is 6.38. The van der Waals surface area contributed by atoms with Gasteiger partial charge in [0.15, 0.2) is 0 Å². The van der Waals surface area contributed by atoms with E-state index in [-0.39, 0.29) is 11.6 Å². The van der Waals surface area contributed by atoms with E-state index in [1.54, 1.807) is 0 Å². The maximum atomic E-state index is 11.5. The fourth-order valence-electron chi connectivity index (χ4n) is 2.99. The molecule has 0 saturated carbocycles. The Bertz CT molecular complexity index is 726. The molecule has 3 rings (SSSR count). The number of hydrogen-bond acceptors (Lipinski definition) is 7. The molecule has 1 aromatic carbocycles. The molecular formula is C19H22N4O3. The molecule has 2 aromatic rings. The van der Waals surface area contributed by atoms with Gasteiger partial charge in [-0.15, -0.1) is 0 Å². The van der Waals surface area contributed by atoms with Crippen LogP contribution in [0.15, 0.2) is 47.9 Å². The largest absolute Gasteiger partial charge is 0.463 e. The molecule has 1 aliphatic rings. The van der Waals surface area contributed by atoms with E-state index in [9.17, 15) is 4.79 Å². The Morgan fingerprint density at radius 1 is 1.23 bits per heavy atom. The first-order chi connectivity index (χ1) is 12.7. The molecule has 1 fully saturated rings. The van der Waals surface area contributed by atoms with E-state index in [1.807, 2.05) is 6.07 Å². The zero-order valence-corrected chi connectivity index (χ0v) is 14.5. The van der Waals surface area contributed by atoms with Crippen LogP contribution in [0.1, 0.15) is 28.8 Å². The summed E-state index contributed by atoms with van der Waals surface area (Å²) in [5.74, 6) is 0.0262. The van der Waals surface area contributed by atoms with Gasteiger partial charge in [-0.3, -0.25) is 9.69 Å². The minimum Gasteiger partial charge on any atom is -0.463 e. The van der Waals surface area contributed by atoms with Crippen molar-refractivity contribution in [2.45, 2.75) is 19.4 Å². The fourth-order valence-corrected chi connectivity index (χ4v) is 2.99. The van der Waals surface area contributed by atoms with Crippen LogP contribution in [0, 0.1) is 5.92 Å². The number of carbonyl (C=O) groups excluding carboxylic acids is 1. The van der Waals surface area contributed by atoms with Gasteiger partial charge in [0.25, 0.3) is 0 Å².